The average molecular weight is 785 g/mol. The summed E-state index contributed by atoms with van der Waals surface area (Å²) in [5.41, 5.74) is 4.78. The maximum atomic E-state index is 13.2. The summed E-state index contributed by atoms with van der Waals surface area (Å²) in [7, 11) is 2.07. The molecule has 0 bridgehead atoms. The van der Waals surface area contributed by atoms with Crippen LogP contribution < -0.4 is 14.8 Å². The maximum Gasteiger partial charge on any atom is 0.262 e. The summed E-state index contributed by atoms with van der Waals surface area (Å²) >= 11 is 0. The predicted octanol–water partition coefficient (Wildman–Crippen LogP) is 5.21. The Morgan fingerprint density at radius 3 is 2.40 bits per heavy atom. The van der Waals surface area contributed by atoms with Gasteiger partial charge in [0.05, 0.1) is 29.4 Å². The number of piperidine rings is 2. The van der Waals surface area contributed by atoms with E-state index in [1.54, 1.807) is 12.1 Å². The lowest BCUT2D eigenvalue weighted by molar-refractivity contribution is -0.144. The van der Waals surface area contributed by atoms with Crippen molar-refractivity contribution in [2.45, 2.75) is 69.6 Å². The van der Waals surface area contributed by atoms with Gasteiger partial charge in [0, 0.05) is 85.6 Å². The number of fused-ring (bicyclic) bond motifs is 4. The summed E-state index contributed by atoms with van der Waals surface area (Å²) in [6, 6.07) is 16.1. The number of carbonyl (C=O) groups excluding carboxylic acids is 5. The van der Waals surface area contributed by atoms with Crippen LogP contribution >= 0.6 is 0 Å². The number of imide groups is 2. The van der Waals surface area contributed by atoms with E-state index in [2.05, 4.69) is 45.1 Å². The Morgan fingerprint density at radius 1 is 0.810 bits per heavy atom. The number of pyridine rings is 2. The molecule has 1 atom stereocenters. The Balaban J connectivity index is 0.662. The molecule has 3 fully saturated rings. The molecule has 2 aromatic carbocycles. The Bertz CT molecular complexity index is 2430. The monoisotopic (exact) mass is 784 g/mol. The topological polar surface area (TPSA) is 162 Å². The van der Waals surface area contributed by atoms with Crippen LogP contribution in [0, 0.1) is 5.92 Å². The van der Waals surface area contributed by atoms with Gasteiger partial charge in [-0.3, -0.25) is 39.2 Å². The van der Waals surface area contributed by atoms with Crippen molar-refractivity contribution in [3.8, 4) is 22.8 Å². The first kappa shape index (κ1) is 37.4. The highest BCUT2D eigenvalue weighted by Crippen LogP contribution is 2.35. The molecule has 1 unspecified atom stereocenters. The summed E-state index contributed by atoms with van der Waals surface area (Å²) in [6.45, 7) is 2.34. The highest BCUT2D eigenvalue weighted by Gasteiger charge is 2.45. The molecule has 9 rings (SSSR count). The number of hydrogen-bond acceptors (Lipinski definition) is 10. The molecule has 14 nitrogen and oxygen atoms in total. The number of amides is 5. The number of ether oxygens (including phenoxy) is 3. The van der Waals surface area contributed by atoms with E-state index in [1.807, 2.05) is 41.7 Å². The average Bonchev–Trinajstić information content (AvgIpc) is 3.65. The summed E-state index contributed by atoms with van der Waals surface area (Å²) < 4.78 is 20.3. The predicted molar refractivity (Wildman–Crippen MR) is 212 cm³/mol. The number of rotatable bonds is 12. The van der Waals surface area contributed by atoms with Crippen molar-refractivity contribution in [2.75, 3.05) is 26.3 Å². The molecule has 3 aliphatic heterocycles. The smallest absolute Gasteiger partial charge is 0.262 e. The van der Waals surface area contributed by atoms with Gasteiger partial charge in [-0.15, -0.1) is 0 Å². The second-order valence-electron chi connectivity index (χ2n) is 15.6. The molecule has 1 N–H and O–H groups in total. The molecule has 0 spiro atoms. The third-order valence-corrected chi connectivity index (χ3v) is 11.9. The van der Waals surface area contributed by atoms with Crippen LogP contribution in [0.3, 0.4) is 0 Å². The van der Waals surface area contributed by atoms with E-state index in [4.69, 9.17) is 14.2 Å². The second kappa shape index (κ2) is 15.7. The van der Waals surface area contributed by atoms with Gasteiger partial charge in [0.1, 0.15) is 17.9 Å². The first-order valence-electron chi connectivity index (χ1n) is 20.1. The number of hydrogen-bond donors (Lipinski definition) is 1. The summed E-state index contributed by atoms with van der Waals surface area (Å²) in [4.78, 5) is 74.8. The number of carbonyl (C=O) groups is 5. The second-order valence-corrected chi connectivity index (χ2v) is 15.6. The zero-order chi connectivity index (χ0) is 39.9. The Hall–Kier alpha value is -6.15. The van der Waals surface area contributed by atoms with Crippen LogP contribution in [0.25, 0.3) is 32.9 Å². The van der Waals surface area contributed by atoms with Crippen LogP contribution in [0.5, 0.6) is 11.6 Å². The SMILES string of the molecule is Cn1c2ccncc2c2ccc(-c3ccc(OC4CC(C(=O)N5CCC(OCCCCOc6ccc7c(c6)C(=O)N(C6CCC(=O)NC6=O)C7=O)CC5)C4)nc3)cc21. The number of benzene rings is 2. The van der Waals surface area contributed by atoms with Crippen LogP contribution in [-0.2, 0) is 26.2 Å². The number of aryl methyl sites for hydroxylation is 1. The van der Waals surface area contributed by atoms with Crippen molar-refractivity contribution in [3.05, 3.63) is 84.3 Å². The highest BCUT2D eigenvalue weighted by atomic mass is 16.5. The lowest BCUT2D eigenvalue weighted by Gasteiger charge is -2.39. The molecular formula is C44H44N6O8. The van der Waals surface area contributed by atoms with Crippen LogP contribution in [0.4, 0.5) is 0 Å². The normalized spacial score (nSPS) is 21.0. The first-order valence-corrected chi connectivity index (χ1v) is 20.1. The first-order chi connectivity index (χ1) is 28.2. The van der Waals surface area contributed by atoms with Crippen LogP contribution in [0.15, 0.2) is 73.2 Å². The fourth-order valence-electron chi connectivity index (χ4n) is 8.57. The zero-order valence-electron chi connectivity index (χ0n) is 32.2. The van der Waals surface area contributed by atoms with Gasteiger partial charge in [-0.05, 0) is 86.9 Å². The van der Waals surface area contributed by atoms with E-state index >= 15 is 0 Å². The highest BCUT2D eigenvalue weighted by molar-refractivity contribution is 6.23. The van der Waals surface area contributed by atoms with Gasteiger partial charge in [-0.2, -0.15) is 0 Å². The minimum atomic E-state index is -1.00. The van der Waals surface area contributed by atoms with E-state index in [9.17, 15) is 24.0 Å². The van der Waals surface area contributed by atoms with E-state index < -0.39 is 29.7 Å². The molecule has 1 aliphatic carbocycles. The van der Waals surface area contributed by atoms with Crippen molar-refractivity contribution >= 4 is 51.3 Å². The zero-order valence-corrected chi connectivity index (χ0v) is 32.2. The molecular weight excluding hydrogens is 741 g/mol. The lowest BCUT2D eigenvalue weighted by atomic mass is 9.81. The fraction of sp³-hybridized carbons (Fsp3) is 0.386. The van der Waals surface area contributed by atoms with Crippen LogP contribution in [0.2, 0.25) is 0 Å². The van der Waals surface area contributed by atoms with Crippen LogP contribution in [0.1, 0.15) is 72.1 Å². The number of unbranched alkanes of at least 4 members (excludes halogenated alkanes) is 1. The van der Waals surface area contributed by atoms with Crippen molar-refractivity contribution in [2.24, 2.45) is 13.0 Å². The molecule has 0 radical (unpaired) electrons. The van der Waals surface area contributed by atoms with Crippen molar-refractivity contribution in [1.29, 1.82) is 0 Å². The third-order valence-electron chi connectivity index (χ3n) is 11.9. The van der Waals surface area contributed by atoms with Crippen molar-refractivity contribution < 1.29 is 38.2 Å². The summed E-state index contributed by atoms with van der Waals surface area (Å²) in [6.07, 6.45) is 10.3. The van der Waals surface area contributed by atoms with Crippen molar-refractivity contribution in [3.63, 3.8) is 0 Å². The van der Waals surface area contributed by atoms with Gasteiger partial charge in [-0.25, -0.2) is 4.98 Å². The van der Waals surface area contributed by atoms with E-state index in [0.29, 0.717) is 50.8 Å². The standard InChI is InChI=1S/C44H44N6O8/c1-48-36-12-15-45-25-35(36)32-7-4-26(22-38(32)48)27-5-11-40(46-24-27)58-31-20-28(21-31)42(53)49-16-13-29(14-17-49)56-18-2-3-19-57-30-6-8-33-34(23-30)44(55)50(43(33)54)37-9-10-39(51)47-41(37)52/h4-8,11-12,15,22-25,28-29,31,37H,2-3,9-10,13-14,16-21H2,1H3,(H,47,51,52). The quantitative estimate of drug-likeness (QED) is 0.131. The number of likely N-dealkylation sites (tertiary alicyclic amines) is 1. The van der Waals surface area contributed by atoms with Crippen LogP contribution in [-0.4, -0.2) is 98.4 Å². The molecule has 5 aromatic rings. The Kier molecular flexibility index (Phi) is 10.1. The third kappa shape index (κ3) is 7.17. The number of nitrogens with one attached hydrogen (secondary N) is 1. The van der Waals surface area contributed by atoms with Gasteiger partial charge in [0.25, 0.3) is 11.8 Å². The van der Waals surface area contributed by atoms with Gasteiger partial charge in [0.15, 0.2) is 0 Å². The number of nitrogens with zero attached hydrogens (tertiary/aromatic N) is 5. The minimum Gasteiger partial charge on any atom is -0.494 e. The molecule has 58 heavy (non-hydrogen) atoms. The summed E-state index contributed by atoms with van der Waals surface area (Å²) in [5, 5.41) is 4.51. The van der Waals surface area contributed by atoms with Gasteiger partial charge in [0.2, 0.25) is 23.6 Å². The van der Waals surface area contributed by atoms with Crippen molar-refractivity contribution in [1.82, 2.24) is 29.7 Å². The number of aromatic nitrogens is 3. The van der Waals surface area contributed by atoms with E-state index in [1.165, 1.54) is 11.5 Å². The largest absolute Gasteiger partial charge is 0.494 e. The minimum absolute atomic E-state index is 0.0253. The molecule has 6 heterocycles. The maximum absolute atomic E-state index is 13.2. The molecule has 2 saturated heterocycles. The molecule has 14 heteroatoms. The van der Waals surface area contributed by atoms with Gasteiger partial charge >= 0.3 is 0 Å². The fourth-order valence-corrected chi connectivity index (χ4v) is 8.57. The van der Waals surface area contributed by atoms with E-state index in [0.717, 1.165) is 58.1 Å². The summed E-state index contributed by atoms with van der Waals surface area (Å²) in [5.74, 6) is -0.965. The molecule has 5 amide bonds. The molecule has 298 valence electrons. The lowest BCUT2D eigenvalue weighted by Crippen LogP contribution is -2.54. The molecule has 3 aromatic heterocycles. The van der Waals surface area contributed by atoms with Gasteiger partial charge in [-0.1, -0.05) is 12.1 Å². The van der Waals surface area contributed by atoms with Gasteiger partial charge < -0.3 is 23.7 Å². The Labute approximate surface area is 334 Å². The van der Waals surface area contributed by atoms with E-state index in [-0.39, 0.29) is 48.0 Å². The molecule has 1 saturated carbocycles. The Morgan fingerprint density at radius 2 is 1.60 bits per heavy atom. The molecule has 4 aliphatic rings.